The zero-order valence-electron chi connectivity index (χ0n) is 12.6. The van der Waals surface area contributed by atoms with Crippen LogP contribution < -0.4 is 4.74 Å². The molecule has 0 spiro atoms. The van der Waals surface area contributed by atoms with E-state index in [2.05, 4.69) is 18.8 Å². The van der Waals surface area contributed by atoms with Gasteiger partial charge in [-0.3, -0.25) is 4.98 Å². The van der Waals surface area contributed by atoms with Crippen molar-refractivity contribution in [3.05, 3.63) is 23.5 Å². The first-order valence-electron chi connectivity index (χ1n) is 7.36. The highest BCUT2D eigenvalue weighted by Gasteiger charge is 2.48. The third kappa shape index (κ3) is 3.28. The number of nitrogens with zero attached hydrogens (tertiary/aromatic N) is 1. The van der Waals surface area contributed by atoms with Crippen LogP contribution in [0.15, 0.2) is 12.1 Å². The van der Waals surface area contributed by atoms with E-state index >= 15 is 0 Å². The maximum absolute atomic E-state index is 12.9. The van der Waals surface area contributed by atoms with Crippen molar-refractivity contribution in [3.63, 3.8) is 0 Å². The molecule has 1 unspecified atom stereocenters. The van der Waals surface area contributed by atoms with Crippen LogP contribution in [0, 0.1) is 5.92 Å². The molecule has 1 atom stereocenters. The molecule has 1 aliphatic carbocycles. The molecule has 0 amide bonds. The molecule has 1 fully saturated rings. The summed E-state index contributed by atoms with van der Waals surface area (Å²) in [6, 6.07) is 3.88. The van der Waals surface area contributed by atoms with Crippen LogP contribution >= 0.6 is 0 Å². The van der Waals surface area contributed by atoms with E-state index in [1.165, 1.54) is 0 Å². The molecule has 4 heteroatoms. The summed E-state index contributed by atoms with van der Waals surface area (Å²) in [4.78, 5) is 4.60. The molecule has 0 aliphatic heterocycles. The Balaban J connectivity index is 2.05. The Kier molecular flexibility index (Phi) is 4.31. The Morgan fingerprint density at radius 3 is 2.45 bits per heavy atom. The first-order valence-corrected chi connectivity index (χ1v) is 7.36. The second-order valence-electron chi connectivity index (χ2n) is 6.04. The van der Waals surface area contributed by atoms with Crippen LogP contribution in [0.2, 0.25) is 0 Å². The summed E-state index contributed by atoms with van der Waals surface area (Å²) in [5, 5.41) is 0. The van der Waals surface area contributed by atoms with Crippen molar-refractivity contribution < 1.29 is 13.5 Å². The second-order valence-corrected chi connectivity index (χ2v) is 6.04. The molecule has 2 rings (SSSR count). The van der Waals surface area contributed by atoms with E-state index < -0.39 is 5.92 Å². The van der Waals surface area contributed by atoms with Gasteiger partial charge in [-0.2, -0.15) is 0 Å². The molecular weight excluding hydrogens is 260 g/mol. The Bertz CT molecular complexity index is 466. The van der Waals surface area contributed by atoms with Crippen molar-refractivity contribution in [3.8, 4) is 5.75 Å². The minimum atomic E-state index is -2.49. The molecule has 0 radical (unpaired) electrons. The minimum Gasteiger partial charge on any atom is -0.489 e. The first-order chi connectivity index (χ1) is 9.32. The largest absolute Gasteiger partial charge is 0.489 e. The van der Waals surface area contributed by atoms with E-state index in [4.69, 9.17) is 4.74 Å². The molecule has 0 bridgehead atoms. The van der Waals surface area contributed by atoms with E-state index in [0.29, 0.717) is 5.92 Å². The summed E-state index contributed by atoms with van der Waals surface area (Å²) in [6.45, 7) is 8.10. The highest BCUT2D eigenvalue weighted by molar-refractivity contribution is 5.30. The van der Waals surface area contributed by atoms with Gasteiger partial charge in [-0.05, 0) is 31.4 Å². The number of ether oxygens (including phenoxy) is 1. The normalized spacial score (nSPS) is 19.8. The lowest BCUT2D eigenvalue weighted by Gasteiger charge is -2.38. The summed E-state index contributed by atoms with van der Waals surface area (Å²) in [5.41, 5.74) is 1.95. The number of hydrogen-bond acceptors (Lipinski definition) is 2. The fourth-order valence-corrected chi connectivity index (χ4v) is 2.52. The van der Waals surface area contributed by atoms with Crippen LogP contribution in [0.4, 0.5) is 8.78 Å². The standard InChI is InChI=1S/C16H23F2NO/c1-5-13-15(7-6-14(19-13)10(2)3)20-11(4)12-8-16(17,18)9-12/h6-7,10-12H,5,8-9H2,1-4H3. The van der Waals surface area contributed by atoms with Crippen molar-refractivity contribution in [2.75, 3.05) is 0 Å². The molecule has 1 aromatic rings. The maximum atomic E-state index is 12.9. The summed E-state index contributed by atoms with van der Waals surface area (Å²) in [5.74, 6) is -1.44. The molecule has 1 aliphatic rings. The first kappa shape index (κ1) is 15.2. The zero-order chi connectivity index (χ0) is 14.9. The van der Waals surface area contributed by atoms with Crippen LogP contribution in [0.5, 0.6) is 5.75 Å². The Morgan fingerprint density at radius 1 is 1.30 bits per heavy atom. The molecule has 2 nitrogen and oxygen atoms in total. The molecule has 20 heavy (non-hydrogen) atoms. The lowest BCUT2D eigenvalue weighted by Crippen LogP contribution is -2.43. The average molecular weight is 283 g/mol. The van der Waals surface area contributed by atoms with Gasteiger partial charge in [0, 0.05) is 24.5 Å². The van der Waals surface area contributed by atoms with E-state index in [1.807, 2.05) is 26.0 Å². The molecule has 0 saturated heterocycles. The fourth-order valence-electron chi connectivity index (χ4n) is 2.52. The van der Waals surface area contributed by atoms with Gasteiger partial charge in [0.05, 0.1) is 11.8 Å². The van der Waals surface area contributed by atoms with Crippen LogP contribution in [0.25, 0.3) is 0 Å². The monoisotopic (exact) mass is 283 g/mol. The molecule has 112 valence electrons. The van der Waals surface area contributed by atoms with Gasteiger partial charge in [0.15, 0.2) is 0 Å². The highest BCUT2D eigenvalue weighted by Crippen LogP contribution is 2.45. The van der Waals surface area contributed by atoms with Crippen molar-refractivity contribution in [2.45, 2.75) is 64.9 Å². The van der Waals surface area contributed by atoms with Gasteiger partial charge >= 0.3 is 0 Å². The summed E-state index contributed by atoms with van der Waals surface area (Å²) >= 11 is 0. The molecule has 0 aromatic carbocycles. The Labute approximate surface area is 119 Å². The van der Waals surface area contributed by atoms with E-state index in [9.17, 15) is 8.78 Å². The van der Waals surface area contributed by atoms with Crippen LogP contribution in [0.1, 0.15) is 57.8 Å². The van der Waals surface area contributed by atoms with Crippen molar-refractivity contribution >= 4 is 0 Å². The van der Waals surface area contributed by atoms with E-state index in [1.54, 1.807) is 0 Å². The zero-order valence-corrected chi connectivity index (χ0v) is 12.6. The van der Waals surface area contributed by atoms with Gasteiger partial charge < -0.3 is 4.74 Å². The summed E-state index contributed by atoms with van der Waals surface area (Å²) < 4.78 is 31.7. The number of hydrogen-bond donors (Lipinski definition) is 0. The average Bonchev–Trinajstić information content (AvgIpc) is 2.35. The summed E-state index contributed by atoms with van der Waals surface area (Å²) in [6.07, 6.45) is 0.468. The number of alkyl halides is 2. The van der Waals surface area contributed by atoms with Gasteiger partial charge in [0.25, 0.3) is 0 Å². The third-order valence-corrected chi connectivity index (χ3v) is 3.98. The van der Waals surface area contributed by atoms with Gasteiger partial charge in [-0.25, -0.2) is 8.78 Å². The molecule has 1 saturated carbocycles. The Hall–Kier alpha value is -1.19. The van der Waals surface area contributed by atoms with Crippen LogP contribution in [-0.4, -0.2) is 17.0 Å². The SMILES string of the molecule is CCc1nc(C(C)C)ccc1OC(C)C1CC(F)(F)C1. The Morgan fingerprint density at radius 2 is 1.95 bits per heavy atom. The highest BCUT2D eigenvalue weighted by atomic mass is 19.3. The quantitative estimate of drug-likeness (QED) is 0.789. The lowest BCUT2D eigenvalue weighted by molar-refractivity contribution is -0.133. The van der Waals surface area contributed by atoms with Gasteiger partial charge in [0.1, 0.15) is 5.75 Å². The van der Waals surface area contributed by atoms with Crippen molar-refractivity contribution in [2.24, 2.45) is 5.92 Å². The number of aromatic nitrogens is 1. The smallest absolute Gasteiger partial charge is 0.249 e. The predicted octanol–water partition coefficient (Wildman–Crippen LogP) is 4.58. The molecule has 1 heterocycles. The molecule has 0 N–H and O–H groups in total. The number of aryl methyl sites for hydroxylation is 1. The van der Waals surface area contributed by atoms with Gasteiger partial charge in [-0.1, -0.05) is 20.8 Å². The molecule has 1 aromatic heterocycles. The van der Waals surface area contributed by atoms with E-state index in [-0.39, 0.29) is 24.9 Å². The minimum absolute atomic E-state index is 0.0560. The van der Waals surface area contributed by atoms with Crippen LogP contribution in [0.3, 0.4) is 0 Å². The van der Waals surface area contributed by atoms with Gasteiger partial charge in [-0.15, -0.1) is 0 Å². The number of halogens is 2. The van der Waals surface area contributed by atoms with E-state index in [0.717, 1.165) is 23.6 Å². The fraction of sp³-hybridized carbons (Fsp3) is 0.688. The number of pyridine rings is 1. The lowest BCUT2D eigenvalue weighted by atomic mass is 9.78. The maximum Gasteiger partial charge on any atom is 0.249 e. The van der Waals surface area contributed by atoms with Crippen molar-refractivity contribution in [1.82, 2.24) is 4.98 Å². The number of rotatable bonds is 5. The summed E-state index contributed by atoms with van der Waals surface area (Å²) in [7, 11) is 0. The second kappa shape index (κ2) is 5.66. The van der Waals surface area contributed by atoms with Gasteiger partial charge in [0.2, 0.25) is 5.92 Å². The topological polar surface area (TPSA) is 22.1 Å². The van der Waals surface area contributed by atoms with Crippen molar-refractivity contribution in [1.29, 1.82) is 0 Å². The molecular formula is C16H23F2NO. The predicted molar refractivity (Wildman–Crippen MR) is 75.5 cm³/mol. The van der Waals surface area contributed by atoms with Crippen LogP contribution in [-0.2, 0) is 6.42 Å². The third-order valence-electron chi connectivity index (χ3n) is 3.98.